The summed E-state index contributed by atoms with van der Waals surface area (Å²) in [6, 6.07) is 12.3. The summed E-state index contributed by atoms with van der Waals surface area (Å²) < 4.78 is 6.56. The minimum atomic E-state index is -0.773. The van der Waals surface area contributed by atoms with E-state index in [0.717, 1.165) is 9.37 Å². The molecule has 4 N–H and O–H groups in total. The summed E-state index contributed by atoms with van der Waals surface area (Å²) in [6.45, 7) is 3.83. The van der Waals surface area contributed by atoms with E-state index in [-0.39, 0.29) is 5.75 Å². The summed E-state index contributed by atoms with van der Waals surface area (Å²) in [5, 5.41) is 21.8. The van der Waals surface area contributed by atoms with E-state index in [0.29, 0.717) is 24.1 Å². The van der Waals surface area contributed by atoms with Crippen LogP contribution in [0, 0.1) is 5.41 Å². The highest BCUT2D eigenvalue weighted by molar-refractivity contribution is 9.10. The lowest BCUT2D eigenvalue weighted by Crippen LogP contribution is -2.29. The van der Waals surface area contributed by atoms with Gasteiger partial charge in [-0.3, -0.25) is 15.3 Å². The van der Waals surface area contributed by atoms with Gasteiger partial charge in [0.15, 0.2) is 0 Å². The van der Waals surface area contributed by atoms with Crippen molar-refractivity contribution in [2.45, 2.75) is 37.7 Å². The lowest BCUT2D eigenvalue weighted by atomic mass is 9.78. The minimum Gasteiger partial charge on any atom is -0.508 e. The molecule has 2 amide bonds. The fourth-order valence-corrected chi connectivity index (χ4v) is 3.91. The number of carbonyl (C=O) groups is 2. The third kappa shape index (κ3) is 7.58. The first-order valence-electron chi connectivity index (χ1n) is 9.87. The van der Waals surface area contributed by atoms with Crippen LogP contribution in [0.25, 0.3) is 0 Å². The van der Waals surface area contributed by atoms with Gasteiger partial charge in [-0.05, 0) is 61.6 Å². The smallest absolute Gasteiger partial charge is 0.412 e. The highest BCUT2D eigenvalue weighted by Gasteiger charge is 2.35. The highest BCUT2D eigenvalue weighted by Crippen LogP contribution is 2.44. The monoisotopic (exact) mass is 522 g/mol. The van der Waals surface area contributed by atoms with Crippen molar-refractivity contribution >= 4 is 45.4 Å². The van der Waals surface area contributed by atoms with Crippen molar-refractivity contribution < 1.29 is 24.6 Å². The summed E-state index contributed by atoms with van der Waals surface area (Å²) in [4.78, 5) is 25.0. The fourth-order valence-electron chi connectivity index (χ4n) is 3.12. The molecule has 2 rings (SSSR count). The Morgan fingerprint density at radius 2 is 1.91 bits per heavy atom. The average Bonchev–Trinajstić information content (AvgIpc) is 2.77. The van der Waals surface area contributed by atoms with Gasteiger partial charge in [0.05, 0.1) is 0 Å². The third-order valence-corrected chi connectivity index (χ3v) is 6.11. The number of phenols is 1. The van der Waals surface area contributed by atoms with Gasteiger partial charge in [0.1, 0.15) is 11.9 Å². The number of carbonyl (C=O) groups excluding carboxylic acids is 2. The van der Waals surface area contributed by atoms with Crippen molar-refractivity contribution in [2.24, 2.45) is 5.41 Å². The number of amides is 2. The Bertz CT molecular complexity index is 963. The number of thioether (sulfide) groups is 1. The Morgan fingerprint density at radius 3 is 2.53 bits per heavy atom. The number of anilines is 1. The van der Waals surface area contributed by atoms with Gasteiger partial charge >= 0.3 is 6.09 Å². The van der Waals surface area contributed by atoms with Crippen molar-refractivity contribution in [1.82, 2.24) is 5.48 Å². The molecule has 7 nitrogen and oxygen atoms in total. The number of benzene rings is 2. The molecule has 32 heavy (non-hydrogen) atoms. The van der Waals surface area contributed by atoms with E-state index in [1.54, 1.807) is 42.1 Å². The van der Waals surface area contributed by atoms with Crippen LogP contribution in [0.4, 0.5) is 10.5 Å². The van der Waals surface area contributed by atoms with Crippen molar-refractivity contribution in [1.29, 1.82) is 0 Å². The van der Waals surface area contributed by atoms with E-state index in [9.17, 15) is 14.7 Å². The molecule has 0 unspecified atom stereocenters. The molecule has 0 aliphatic heterocycles. The second-order valence-corrected chi connectivity index (χ2v) is 9.54. The Morgan fingerprint density at radius 1 is 1.22 bits per heavy atom. The van der Waals surface area contributed by atoms with Crippen LogP contribution in [0.2, 0.25) is 0 Å². The number of ether oxygens (including phenoxy) is 1. The van der Waals surface area contributed by atoms with Gasteiger partial charge in [-0.15, -0.1) is 11.8 Å². The number of rotatable bonds is 9. The summed E-state index contributed by atoms with van der Waals surface area (Å²) in [5.41, 5.74) is 2.00. The number of nitrogens with one attached hydrogen (secondary N) is 2. The van der Waals surface area contributed by atoms with Gasteiger partial charge in [-0.1, -0.05) is 35.9 Å². The number of phenolic OH excluding ortho intramolecular Hbond substituents is 1. The molecule has 0 heterocycles. The van der Waals surface area contributed by atoms with Gasteiger partial charge in [0.2, 0.25) is 0 Å². The van der Waals surface area contributed by atoms with Crippen molar-refractivity contribution in [3.8, 4) is 5.75 Å². The van der Waals surface area contributed by atoms with E-state index >= 15 is 0 Å². The van der Waals surface area contributed by atoms with Crippen molar-refractivity contribution in [3.05, 3.63) is 64.7 Å². The molecule has 0 saturated carbocycles. The number of aromatic hydroxyl groups is 1. The van der Waals surface area contributed by atoms with E-state index < -0.39 is 23.5 Å². The molecule has 2 aromatic carbocycles. The molecule has 0 saturated heterocycles. The third-order valence-electron chi connectivity index (χ3n) is 4.88. The SMILES string of the molecule is CSc1ccc(NC(=O)O[C@@H](c2cc(Br)ccc2O)C(C)(C)CC/C=C/C(=O)NO)cc1. The molecule has 0 bridgehead atoms. The highest BCUT2D eigenvalue weighted by atomic mass is 79.9. The van der Waals surface area contributed by atoms with Crippen LogP contribution in [-0.2, 0) is 9.53 Å². The zero-order valence-electron chi connectivity index (χ0n) is 18.1. The van der Waals surface area contributed by atoms with E-state index in [2.05, 4.69) is 21.2 Å². The number of hydrogen-bond donors (Lipinski definition) is 4. The van der Waals surface area contributed by atoms with Crippen LogP contribution in [0.1, 0.15) is 38.4 Å². The van der Waals surface area contributed by atoms with E-state index in [1.807, 2.05) is 32.2 Å². The van der Waals surface area contributed by atoms with Gasteiger partial charge in [-0.2, -0.15) is 0 Å². The topological polar surface area (TPSA) is 108 Å². The van der Waals surface area contributed by atoms with Gasteiger partial charge in [0.25, 0.3) is 5.91 Å². The zero-order chi connectivity index (χ0) is 23.7. The second kappa shape index (κ2) is 11.9. The predicted octanol–water partition coefficient (Wildman–Crippen LogP) is 6.03. The maximum absolute atomic E-state index is 12.7. The van der Waals surface area contributed by atoms with Gasteiger partial charge in [-0.25, -0.2) is 10.3 Å². The fraction of sp³-hybridized carbons (Fsp3) is 0.304. The number of hydroxylamine groups is 1. The maximum atomic E-state index is 12.7. The lowest BCUT2D eigenvalue weighted by Gasteiger charge is -2.34. The molecule has 0 aromatic heterocycles. The molecule has 2 aromatic rings. The summed E-state index contributed by atoms with van der Waals surface area (Å²) in [7, 11) is 0. The van der Waals surface area contributed by atoms with Crippen molar-refractivity contribution in [2.75, 3.05) is 11.6 Å². The molecule has 0 spiro atoms. The van der Waals surface area contributed by atoms with E-state index in [4.69, 9.17) is 9.94 Å². The standard InChI is InChI=1S/C23H27BrN2O5S/c1-23(2,13-5-4-6-20(28)26-30)21(18-14-15(24)7-12-19(18)27)31-22(29)25-16-8-10-17(32-3)11-9-16/h4,6-12,14,21,27,30H,5,13H2,1-3H3,(H,25,29)(H,26,28)/b6-4+/t21-/m0/s1. The largest absolute Gasteiger partial charge is 0.508 e. The molecular weight excluding hydrogens is 496 g/mol. The van der Waals surface area contributed by atoms with Crippen LogP contribution in [0.3, 0.4) is 0 Å². The first-order valence-corrected chi connectivity index (χ1v) is 11.9. The first-order chi connectivity index (χ1) is 15.2. The number of halogens is 1. The van der Waals surface area contributed by atoms with Gasteiger partial charge < -0.3 is 9.84 Å². The quantitative estimate of drug-likeness (QED) is 0.138. The minimum absolute atomic E-state index is 0.0126. The molecule has 1 atom stereocenters. The summed E-state index contributed by atoms with van der Waals surface area (Å²) >= 11 is 5.01. The maximum Gasteiger partial charge on any atom is 0.412 e. The van der Waals surface area contributed by atoms with Crippen LogP contribution in [-0.4, -0.2) is 28.6 Å². The van der Waals surface area contributed by atoms with Crippen LogP contribution >= 0.6 is 27.7 Å². The van der Waals surface area contributed by atoms with Crippen LogP contribution in [0.5, 0.6) is 5.75 Å². The Kier molecular flexibility index (Phi) is 9.61. The molecule has 9 heteroatoms. The molecular formula is C23H27BrN2O5S. The Labute approximate surface area is 200 Å². The average molecular weight is 523 g/mol. The molecule has 0 fully saturated rings. The summed E-state index contributed by atoms with van der Waals surface area (Å²) in [6.07, 6.45) is 4.44. The molecule has 0 radical (unpaired) electrons. The zero-order valence-corrected chi connectivity index (χ0v) is 20.5. The first kappa shape index (κ1) is 25.8. The van der Waals surface area contributed by atoms with E-state index in [1.165, 1.54) is 17.6 Å². The van der Waals surface area contributed by atoms with Crippen molar-refractivity contribution in [3.63, 3.8) is 0 Å². The molecule has 0 aliphatic rings. The molecule has 172 valence electrons. The molecule has 0 aliphatic carbocycles. The Balaban J connectivity index is 2.23. The van der Waals surface area contributed by atoms with Gasteiger partial charge in [0, 0.05) is 32.1 Å². The summed E-state index contributed by atoms with van der Waals surface area (Å²) in [5.74, 6) is -0.606. The normalized spacial score (nSPS) is 12.4. The predicted molar refractivity (Wildman–Crippen MR) is 129 cm³/mol. The second-order valence-electron chi connectivity index (χ2n) is 7.75. The van der Waals surface area contributed by atoms with Crippen LogP contribution in [0.15, 0.2) is 64.0 Å². The number of allylic oxidation sites excluding steroid dienone is 1. The Hall–Kier alpha value is -2.49. The number of hydrogen-bond acceptors (Lipinski definition) is 6. The van der Waals surface area contributed by atoms with Crippen LogP contribution < -0.4 is 10.8 Å². The lowest BCUT2D eigenvalue weighted by molar-refractivity contribution is -0.124.